The molecule has 0 fully saturated rings. The van der Waals surface area contributed by atoms with Gasteiger partial charge in [-0.15, -0.1) is 6.58 Å². The SMILES string of the molecule is C=CCN(CC(=O)N(Cc1ccc2c(c1)OCO2)Cc1coc2ccc(Cl)cc2c1=O)C(=O)c1cc(C(F)(F)F)cc(C(F)(F)F)c1. The van der Waals surface area contributed by atoms with Gasteiger partial charge in [-0.05, 0) is 54.1 Å². The van der Waals surface area contributed by atoms with Gasteiger partial charge >= 0.3 is 12.4 Å². The number of benzene rings is 3. The molecule has 5 rings (SSSR count). The van der Waals surface area contributed by atoms with Gasteiger partial charge in [0.15, 0.2) is 16.9 Å². The molecule has 0 atom stereocenters. The average Bonchev–Trinajstić information content (AvgIpc) is 3.48. The van der Waals surface area contributed by atoms with E-state index in [4.69, 9.17) is 25.5 Å². The highest BCUT2D eigenvalue weighted by Gasteiger charge is 2.38. The number of carbonyl (C=O) groups excluding carboxylic acids is 2. The quantitative estimate of drug-likeness (QED) is 0.139. The van der Waals surface area contributed by atoms with Crippen LogP contribution in [0, 0.1) is 0 Å². The number of halogens is 7. The highest BCUT2D eigenvalue weighted by molar-refractivity contribution is 6.31. The van der Waals surface area contributed by atoms with Crippen LogP contribution in [0.15, 0.2) is 82.7 Å². The molecule has 246 valence electrons. The molecule has 1 aliphatic rings. The van der Waals surface area contributed by atoms with Crippen molar-refractivity contribution >= 4 is 34.4 Å². The second kappa shape index (κ2) is 13.0. The summed E-state index contributed by atoms with van der Waals surface area (Å²) in [4.78, 5) is 42.5. The third kappa shape index (κ3) is 7.54. The first kappa shape index (κ1) is 33.4. The van der Waals surface area contributed by atoms with E-state index in [1.807, 2.05) is 0 Å². The zero-order valence-electron chi connectivity index (χ0n) is 24.1. The summed E-state index contributed by atoms with van der Waals surface area (Å²) in [6, 6.07) is 9.71. The van der Waals surface area contributed by atoms with Gasteiger partial charge in [-0.2, -0.15) is 26.3 Å². The summed E-state index contributed by atoms with van der Waals surface area (Å²) in [5.41, 5.74) is -4.02. The van der Waals surface area contributed by atoms with Crippen molar-refractivity contribution in [2.45, 2.75) is 25.4 Å². The summed E-state index contributed by atoms with van der Waals surface area (Å²) in [5.74, 6) is -1.23. The Kier molecular flexibility index (Phi) is 9.25. The Labute approximate surface area is 267 Å². The highest BCUT2D eigenvalue weighted by Crippen LogP contribution is 2.37. The van der Waals surface area contributed by atoms with Crippen molar-refractivity contribution < 1.29 is 49.8 Å². The van der Waals surface area contributed by atoms with Gasteiger partial charge in [0.05, 0.1) is 34.9 Å². The molecule has 8 nitrogen and oxygen atoms in total. The van der Waals surface area contributed by atoms with Crippen molar-refractivity contribution in [2.24, 2.45) is 0 Å². The first-order valence-corrected chi connectivity index (χ1v) is 14.1. The van der Waals surface area contributed by atoms with E-state index in [1.165, 1.54) is 23.1 Å². The lowest BCUT2D eigenvalue weighted by atomic mass is 10.0. The molecular formula is C32H23ClF6N2O6. The van der Waals surface area contributed by atoms with E-state index in [0.717, 1.165) is 17.2 Å². The number of rotatable bonds is 9. The van der Waals surface area contributed by atoms with E-state index in [1.54, 1.807) is 18.2 Å². The van der Waals surface area contributed by atoms with Crippen molar-refractivity contribution in [2.75, 3.05) is 19.9 Å². The molecule has 0 unspecified atom stereocenters. The molecule has 1 aliphatic heterocycles. The summed E-state index contributed by atoms with van der Waals surface area (Å²) in [6.45, 7) is 1.76. The molecule has 1 aromatic heterocycles. The van der Waals surface area contributed by atoms with Crippen LogP contribution >= 0.6 is 11.6 Å². The maximum absolute atomic E-state index is 13.8. The van der Waals surface area contributed by atoms with E-state index in [-0.39, 0.29) is 59.6 Å². The smallest absolute Gasteiger partial charge is 0.416 e. The molecule has 4 aromatic rings. The molecule has 0 spiro atoms. The van der Waals surface area contributed by atoms with Gasteiger partial charge in [0, 0.05) is 23.7 Å². The lowest BCUT2D eigenvalue weighted by molar-refractivity contribution is -0.143. The fourth-order valence-corrected chi connectivity index (χ4v) is 5.02. The van der Waals surface area contributed by atoms with E-state index >= 15 is 0 Å². The van der Waals surface area contributed by atoms with Gasteiger partial charge in [-0.1, -0.05) is 23.7 Å². The number of hydrogen-bond acceptors (Lipinski definition) is 6. The predicted octanol–water partition coefficient (Wildman–Crippen LogP) is 7.07. The molecule has 3 aromatic carbocycles. The summed E-state index contributed by atoms with van der Waals surface area (Å²) in [7, 11) is 0. The van der Waals surface area contributed by atoms with Crippen LogP contribution in [0.1, 0.15) is 32.6 Å². The number of nitrogens with zero attached hydrogens (tertiary/aromatic N) is 2. The third-order valence-corrected chi connectivity index (χ3v) is 7.36. The van der Waals surface area contributed by atoms with Crippen molar-refractivity contribution in [3.05, 3.63) is 117 Å². The number of carbonyl (C=O) groups is 2. The Balaban J connectivity index is 1.49. The zero-order valence-corrected chi connectivity index (χ0v) is 24.8. The molecule has 47 heavy (non-hydrogen) atoms. The molecule has 2 heterocycles. The molecule has 0 aliphatic carbocycles. The summed E-state index contributed by atoms with van der Waals surface area (Å²) in [6.07, 6.45) is -8.07. The van der Waals surface area contributed by atoms with Crippen LogP contribution in [-0.2, 0) is 30.2 Å². The number of ether oxygens (including phenoxy) is 2. The molecule has 0 bridgehead atoms. The van der Waals surface area contributed by atoms with Crippen LogP contribution < -0.4 is 14.9 Å². The van der Waals surface area contributed by atoms with Crippen LogP contribution in [-0.4, -0.2) is 41.5 Å². The number of alkyl halides is 6. The summed E-state index contributed by atoms with van der Waals surface area (Å²) < 4.78 is 97.2. The van der Waals surface area contributed by atoms with Crippen LogP contribution in [0.25, 0.3) is 11.0 Å². The van der Waals surface area contributed by atoms with Crippen molar-refractivity contribution in [3.63, 3.8) is 0 Å². The van der Waals surface area contributed by atoms with Gasteiger partial charge in [-0.3, -0.25) is 14.4 Å². The van der Waals surface area contributed by atoms with Crippen LogP contribution in [0.3, 0.4) is 0 Å². The Bertz CT molecular complexity index is 1890. The lowest BCUT2D eigenvalue weighted by Crippen LogP contribution is -2.43. The zero-order chi connectivity index (χ0) is 34.1. The van der Waals surface area contributed by atoms with Gasteiger partial charge in [0.1, 0.15) is 12.1 Å². The maximum Gasteiger partial charge on any atom is 0.416 e. The molecule has 2 amide bonds. The molecule has 0 radical (unpaired) electrons. The second-order valence-corrected chi connectivity index (χ2v) is 10.9. The van der Waals surface area contributed by atoms with E-state index in [2.05, 4.69) is 6.58 Å². The van der Waals surface area contributed by atoms with Crippen molar-refractivity contribution in [3.8, 4) is 11.5 Å². The Morgan fingerprint density at radius 3 is 2.21 bits per heavy atom. The number of fused-ring (bicyclic) bond motifs is 2. The number of amides is 2. The largest absolute Gasteiger partial charge is 0.464 e. The first-order chi connectivity index (χ1) is 22.1. The van der Waals surface area contributed by atoms with Crippen LogP contribution in [0.4, 0.5) is 26.3 Å². The topological polar surface area (TPSA) is 89.3 Å². The van der Waals surface area contributed by atoms with Crippen LogP contribution in [0.2, 0.25) is 5.02 Å². The van der Waals surface area contributed by atoms with Gasteiger partial charge in [0.25, 0.3) is 5.91 Å². The second-order valence-electron chi connectivity index (χ2n) is 10.4. The van der Waals surface area contributed by atoms with Crippen molar-refractivity contribution in [1.29, 1.82) is 0 Å². The minimum atomic E-state index is -5.19. The van der Waals surface area contributed by atoms with E-state index < -0.39 is 59.4 Å². The number of hydrogen-bond donors (Lipinski definition) is 0. The van der Waals surface area contributed by atoms with Gasteiger partial charge < -0.3 is 23.7 Å². The molecule has 0 N–H and O–H groups in total. The fourth-order valence-electron chi connectivity index (χ4n) is 4.85. The monoisotopic (exact) mass is 680 g/mol. The highest BCUT2D eigenvalue weighted by atomic mass is 35.5. The van der Waals surface area contributed by atoms with E-state index in [0.29, 0.717) is 17.1 Å². The normalized spacial score (nSPS) is 12.7. The Hall–Kier alpha value is -4.98. The van der Waals surface area contributed by atoms with Crippen LogP contribution in [0.5, 0.6) is 11.5 Å². The minimum Gasteiger partial charge on any atom is -0.464 e. The maximum atomic E-state index is 13.8. The fraction of sp³-hybridized carbons (Fsp3) is 0.219. The summed E-state index contributed by atoms with van der Waals surface area (Å²) in [5, 5.41) is 0.399. The first-order valence-electron chi connectivity index (χ1n) is 13.7. The Morgan fingerprint density at radius 2 is 1.55 bits per heavy atom. The third-order valence-electron chi connectivity index (χ3n) is 7.13. The molecular weight excluding hydrogens is 658 g/mol. The predicted molar refractivity (Wildman–Crippen MR) is 157 cm³/mol. The standard InChI is InChI=1S/C32H23ClF6N2O6/c1-2-7-40(30(44)19-9-21(31(34,35)36)11-22(10-19)32(37,38)39)15-28(42)41(13-18-3-5-26-27(8-18)47-17-46-26)14-20-16-45-25-6-4-23(33)12-24(25)29(20)43/h2-6,8-12,16H,1,7,13-15,17H2. The Morgan fingerprint density at radius 1 is 0.872 bits per heavy atom. The molecule has 0 saturated heterocycles. The minimum absolute atomic E-state index is 0.0215. The lowest BCUT2D eigenvalue weighted by Gasteiger charge is -2.27. The van der Waals surface area contributed by atoms with Crippen molar-refractivity contribution in [1.82, 2.24) is 9.80 Å². The molecule has 0 saturated carbocycles. The molecule has 15 heteroatoms. The van der Waals surface area contributed by atoms with Gasteiger partial charge in [0.2, 0.25) is 12.7 Å². The van der Waals surface area contributed by atoms with Gasteiger partial charge in [-0.25, -0.2) is 0 Å². The van der Waals surface area contributed by atoms with E-state index in [9.17, 15) is 40.7 Å². The average molecular weight is 681 g/mol. The summed E-state index contributed by atoms with van der Waals surface area (Å²) >= 11 is 6.05.